The van der Waals surface area contributed by atoms with Crippen LogP contribution in [-0.4, -0.2) is 23.1 Å². The summed E-state index contributed by atoms with van der Waals surface area (Å²) in [5.74, 6) is -0.828. The summed E-state index contributed by atoms with van der Waals surface area (Å²) in [6, 6.07) is 6.04. The molecule has 0 spiro atoms. The standard InChI is InChI=1S/C13H11NO2.H2O/c15-13(16)11-7-10-4-1-3-9-5-2-6-14(8-11)12(9)10;/h1-5,8H,6-7H2,(H,15,16);1H2. The Labute approximate surface area is 98.8 Å². The van der Waals surface area contributed by atoms with Crippen molar-refractivity contribution < 1.29 is 15.4 Å². The number of carboxylic acid groups (broad SMARTS) is 1. The van der Waals surface area contributed by atoms with Crippen molar-refractivity contribution in [3.8, 4) is 0 Å². The van der Waals surface area contributed by atoms with E-state index in [0.29, 0.717) is 12.0 Å². The van der Waals surface area contributed by atoms with Crippen LogP contribution in [0.3, 0.4) is 0 Å². The topological polar surface area (TPSA) is 72.0 Å². The Bertz CT molecular complexity index is 531. The van der Waals surface area contributed by atoms with E-state index in [1.807, 2.05) is 23.1 Å². The molecule has 0 radical (unpaired) electrons. The fraction of sp³-hybridized carbons (Fsp3) is 0.154. The molecule has 0 amide bonds. The van der Waals surface area contributed by atoms with Gasteiger partial charge in [-0.05, 0) is 11.1 Å². The second kappa shape index (κ2) is 4.07. The van der Waals surface area contributed by atoms with Crippen molar-refractivity contribution in [3.05, 3.63) is 47.2 Å². The summed E-state index contributed by atoms with van der Waals surface area (Å²) in [6.45, 7) is 0.751. The second-order valence-electron chi connectivity index (χ2n) is 4.05. The molecule has 0 saturated carbocycles. The molecule has 0 bridgehead atoms. The largest absolute Gasteiger partial charge is 0.478 e. The van der Waals surface area contributed by atoms with Gasteiger partial charge in [-0.1, -0.05) is 30.4 Å². The Morgan fingerprint density at radius 1 is 1.35 bits per heavy atom. The Hall–Kier alpha value is -2.07. The maximum Gasteiger partial charge on any atom is 0.333 e. The number of rotatable bonds is 1. The highest BCUT2D eigenvalue weighted by Crippen LogP contribution is 2.35. The van der Waals surface area contributed by atoms with Crippen molar-refractivity contribution in [2.24, 2.45) is 0 Å². The number of hydrogen-bond acceptors (Lipinski definition) is 2. The predicted octanol–water partition coefficient (Wildman–Crippen LogP) is 1.22. The fourth-order valence-electron chi connectivity index (χ4n) is 2.31. The lowest BCUT2D eigenvalue weighted by atomic mass is 9.94. The van der Waals surface area contributed by atoms with Crippen molar-refractivity contribution in [1.82, 2.24) is 0 Å². The van der Waals surface area contributed by atoms with Crippen molar-refractivity contribution in [1.29, 1.82) is 0 Å². The average Bonchev–Trinajstić information content (AvgIpc) is 2.29. The summed E-state index contributed by atoms with van der Waals surface area (Å²) in [7, 11) is 0. The monoisotopic (exact) mass is 231 g/mol. The minimum atomic E-state index is -0.828. The van der Waals surface area contributed by atoms with Crippen LogP contribution in [-0.2, 0) is 11.2 Å². The summed E-state index contributed by atoms with van der Waals surface area (Å²) in [4.78, 5) is 13.0. The van der Waals surface area contributed by atoms with Crippen LogP contribution in [0.1, 0.15) is 11.1 Å². The summed E-state index contributed by atoms with van der Waals surface area (Å²) < 4.78 is 0. The van der Waals surface area contributed by atoms with E-state index in [1.54, 1.807) is 6.20 Å². The van der Waals surface area contributed by atoms with E-state index < -0.39 is 5.97 Å². The average molecular weight is 231 g/mol. The maximum absolute atomic E-state index is 11.0. The molecule has 2 aliphatic rings. The van der Waals surface area contributed by atoms with E-state index in [1.165, 1.54) is 5.56 Å². The molecule has 1 aromatic carbocycles. The van der Waals surface area contributed by atoms with E-state index in [4.69, 9.17) is 5.11 Å². The maximum atomic E-state index is 11.0. The number of benzene rings is 1. The summed E-state index contributed by atoms with van der Waals surface area (Å²) >= 11 is 0. The van der Waals surface area contributed by atoms with Gasteiger partial charge in [0.1, 0.15) is 0 Å². The number of para-hydroxylation sites is 1. The third-order valence-corrected chi connectivity index (χ3v) is 3.00. The molecule has 17 heavy (non-hydrogen) atoms. The summed E-state index contributed by atoms with van der Waals surface area (Å²) in [6.07, 6.45) is 6.41. The Balaban J connectivity index is 0.00000108. The molecule has 3 N–H and O–H groups in total. The third-order valence-electron chi connectivity index (χ3n) is 3.00. The minimum Gasteiger partial charge on any atom is -0.478 e. The smallest absolute Gasteiger partial charge is 0.333 e. The molecule has 3 rings (SSSR count). The Kier molecular flexibility index (Phi) is 2.73. The lowest BCUT2D eigenvalue weighted by Crippen LogP contribution is -2.27. The first-order chi connectivity index (χ1) is 7.75. The molecular weight excluding hydrogens is 218 g/mol. The molecule has 2 aliphatic heterocycles. The number of hydrogen-bond donors (Lipinski definition) is 1. The highest BCUT2D eigenvalue weighted by Gasteiger charge is 2.23. The van der Waals surface area contributed by atoms with Gasteiger partial charge in [-0.15, -0.1) is 0 Å². The zero-order chi connectivity index (χ0) is 11.1. The minimum absolute atomic E-state index is 0. The number of carbonyl (C=O) groups is 1. The van der Waals surface area contributed by atoms with E-state index in [9.17, 15) is 4.79 Å². The van der Waals surface area contributed by atoms with Crippen molar-refractivity contribution in [2.45, 2.75) is 6.42 Å². The van der Waals surface area contributed by atoms with Crippen LogP contribution in [0.2, 0.25) is 0 Å². The normalized spacial score (nSPS) is 15.8. The van der Waals surface area contributed by atoms with Crippen LogP contribution in [0.5, 0.6) is 0 Å². The first kappa shape index (κ1) is 11.4. The van der Waals surface area contributed by atoms with E-state index in [2.05, 4.69) is 12.1 Å². The number of anilines is 1. The molecule has 0 saturated heterocycles. The van der Waals surface area contributed by atoms with Crippen molar-refractivity contribution >= 4 is 17.7 Å². The van der Waals surface area contributed by atoms with Crippen molar-refractivity contribution in [2.75, 3.05) is 11.4 Å². The quantitative estimate of drug-likeness (QED) is 0.789. The molecule has 0 aromatic heterocycles. The van der Waals surface area contributed by atoms with Gasteiger partial charge in [0.15, 0.2) is 0 Å². The van der Waals surface area contributed by atoms with Gasteiger partial charge in [0.25, 0.3) is 0 Å². The highest BCUT2D eigenvalue weighted by atomic mass is 16.4. The van der Waals surface area contributed by atoms with Gasteiger partial charge in [-0.25, -0.2) is 4.79 Å². The number of carboxylic acids is 1. The van der Waals surface area contributed by atoms with Crippen LogP contribution in [0.4, 0.5) is 5.69 Å². The fourth-order valence-corrected chi connectivity index (χ4v) is 2.31. The molecule has 4 nitrogen and oxygen atoms in total. The SMILES string of the molecule is O.O=C(O)C1=CN2CC=Cc3cccc(c32)C1. The van der Waals surface area contributed by atoms with Gasteiger partial charge in [0.05, 0.1) is 11.3 Å². The Morgan fingerprint density at radius 3 is 2.94 bits per heavy atom. The number of aliphatic carboxylic acids is 1. The van der Waals surface area contributed by atoms with Crippen LogP contribution >= 0.6 is 0 Å². The van der Waals surface area contributed by atoms with Gasteiger partial charge < -0.3 is 15.5 Å². The van der Waals surface area contributed by atoms with Crippen molar-refractivity contribution in [3.63, 3.8) is 0 Å². The van der Waals surface area contributed by atoms with E-state index >= 15 is 0 Å². The molecule has 0 fully saturated rings. The lowest BCUT2D eigenvalue weighted by Gasteiger charge is -2.31. The zero-order valence-corrected chi connectivity index (χ0v) is 9.18. The first-order valence-corrected chi connectivity index (χ1v) is 5.25. The van der Waals surface area contributed by atoms with Crippen LogP contribution in [0.15, 0.2) is 36.0 Å². The molecule has 2 heterocycles. The van der Waals surface area contributed by atoms with Gasteiger partial charge in [-0.3, -0.25) is 0 Å². The predicted molar refractivity (Wildman–Crippen MR) is 65.9 cm³/mol. The second-order valence-corrected chi connectivity index (χ2v) is 4.05. The van der Waals surface area contributed by atoms with Crippen LogP contribution in [0, 0.1) is 0 Å². The zero-order valence-electron chi connectivity index (χ0n) is 9.18. The molecule has 0 unspecified atom stereocenters. The molecule has 0 atom stereocenters. The van der Waals surface area contributed by atoms with Gasteiger partial charge in [0, 0.05) is 19.2 Å². The summed E-state index contributed by atoms with van der Waals surface area (Å²) in [5, 5.41) is 9.05. The van der Waals surface area contributed by atoms with Gasteiger partial charge in [-0.2, -0.15) is 0 Å². The highest BCUT2D eigenvalue weighted by molar-refractivity contribution is 5.91. The molecule has 4 heteroatoms. The third kappa shape index (κ3) is 1.72. The van der Waals surface area contributed by atoms with Crippen LogP contribution < -0.4 is 4.90 Å². The molecular formula is C13H13NO3. The summed E-state index contributed by atoms with van der Waals surface area (Å²) in [5.41, 5.74) is 3.89. The van der Waals surface area contributed by atoms with E-state index in [0.717, 1.165) is 17.8 Å². The molecule has 0 aliphatic carbocycles. The van der Waals surface area contributed by atoms with Crippen LogP contribution in [0.25, 0.3) is 6.08 Å². The van der Waals surface area contributed by atoms with E-state index in [-0.39, 0.29) is 5.48 Å². The molecule has 1 aromatic rings. The van der Waals surface area contributed by atoms with Gasteiger partial charge >= 0.3 is 5.97 Å². The number of nitrogens with zero attached hydrogens (tertiary/aromatic N) is 1. The molecule has 88 valence electrons. The Morgan fingerprint density at radius 2 is 2.18 bits per heavy atom. The lowest BCUT2D eigenvalue weighted by molar-refractivity contribution is -0.132. The first-order valence-electron chi connectivity index (χ1n) is 5.25. The van der Waals surface area contributed by atoms with Gasteiger partial charge in [0.2, 0.25) is 0 Å².